The van der Waals surface area contributed by atoms with E-state index in [2.05, 4.69) is 41.8 Å². The van der Waals surface area contributed by atoms with E-state index in [0.717, 1.165) is 27.6 Å². The van der Waals surface area contributed by atoms with E-state index in [1.54, 1.807) is 4.90 Å². The molecule has 3 aliphatic heterocycles. The first-order chi connectivity index (χ1) is 20.4. The molecule has 1 aromatic heterocycles. The first-order valence-electron chi connectivity index (χ1n) is 14.5. The number of nitrogens with zero attached hydrogens (tertiary/aromatic N) is 6. The van der Waals surface area contributed by atoms with E-state index >= 15 is 0 Å². The zero-order chi connectivity index (χ0) is 29.2. The third-order valence-corrected chi connectivity index (χ3v) is 8.64. The summed E-state index contributed by atoms with van der Waals surface area (Å²) in [6.07, 6.45) is 1.39. The second-order valence-corrected chi connectivity index (χ2v) is 11.3. The summed E-state index contributed by atoms with van der Waals surface area (Å²) in [6, 6.07) is 16.6. The van der Waals surface area contributed by atoms with Gasteiger partial charge in [-0.3, -0.25) is 9.69 Å². The summed E-state index contributed by atoms with van der Waals surface area (Å²) in [6.45, 7) is 6.04. The lowest BCUT2D eigenvalue weighted by molar-refractivity contribution is -0.128. The number of alkyl halides is 1. The first kappa shape index (κ1) is 28.1. The van der Waals surface area contributed by atoms with Crippen molar-refractivity contribution in [1.82, 2.24) is 19.8 Å². The number of rotatable bonds is 7. The molecular formula is C32H35FN6O3. The SMILES string of the molecule is C=CC(=O)N1CCN(c2nc(OC[C@@H]3C[C@H](F)CN3C)nc3c2CO[C@@H](c2cccc4ccccc24)C3)C[C@@H]1CC#N. The summed E-state index contributed by atoms with van der Waals surface area (Å²) in [5.74, 6) is 0.514. The quantitative estimate of drug-likeness (QED) is 0.394. The van der Waals surface area contributed by atoms with Crippen molar-refractivity contribution in [3.05, 3.63) is 71.9 Å². The van der Waals surface area contributed by atoms with Crippen molar-refractivity contribution in [2.24, 2.45) is 0 Å². The number of ether oxygens (including phenoxy) is 2. The number of anilines is 1. The van der Waals surface area contributed by atoms with Crippen LogP contribution in [0.4, 0.5) is 10.2 Å². The molecule has 42 heavy (non-hydrogen) atoms. The van der Waals surface area contributed by atoms with Crippen LogP contribution in [-0.2, 0) is 22.6 Å². The average Bonchev–Trinajstić information content (AvgIpc) is 3.34. The van der Waals surface area contributed by atoms with Crippen molar-refractivity contribution in [3.8, 4) is 12.1 Å². The Hall–Kier alpha value is -4.07. The number of carbonyl (C=O) groups is 1. The average molecular weight is 571 g/mol. The fraction of sp³-hybridized carbons (Fsp3) is 0.438. The van der Waals surface area contributed by atoms with Gasteiger partial charge in [0, 0.05) is 44.2 Å². The van der Waals surface area contributed by atoms with Gasteiger partial charge in [0.25, 0.3) is 0 Å². The van der Waals surface area contributed by atoms with Gasteiger partial charge in [0.2, 0.25) is 5.91 Å². The molecule has 218 valence electrons. The van der Waals surface area contributed by atoms with Crippen LogP contribution in [0.5, 0.6) is 6.01 Å². The molecule has 0 aliphatic carbocycles. The highest BCUT2D eigenvalue weighted by Gasteiger charge is 2.35. The maximum absolute atomic E-state index is 14.0. The molecule has 4 atom stereocenters. The van der Waals surface area contributed by atoms with E-state index in [1.165, 1.54) is 6.08 Å². The largest absolute Gasteiger partial charge is 0.462 e. The zero-order valence-electron chi connectivity index (χ0n) is 23.8. The summed E-state index contributed by atoms with van der Waals surface area (Å²) in [4.78, 5) is 28.0. The van der Waals surface area contributed by atoms with Gasteiger partial charge in [0.05, 0.1) is 36.9 Å². The Bertz CT molecular complexity index is 1520. The summed E-state index contributed by atoms with van der Waals surface area (Å²) in [5, 5.41) is 11.8. The van der Waals surface area contributed by atoms with Crippen LogP contribution in [0.25, 0.3) is 10.8 Å². The van der Waals surface area contributed by atoms with E-state index in [9.17, 15) is 14.4 Å². The van der Waals surface area contributed by atoms with Crippen molar-refractivity contribution in [2.45, 2.75) is 50.2 Å². The standard InChI is InChI=1S/C32H35FN6O3/c1-3-30(40)39-14-13-38(18-23(39)11-12-34)31-27-20-41-29(26-10-6-8-21-7-4-5-9-25(21)26)16-28(27)35-32(36-31)42-19-24-15-22(33)17-37(24)2/h3-10,22-24,29H,1,11,13-20H2,2H3/t22-,23-,24-,29+/m0/s1. The Kier molecular flexibility index (Phi) is 8.05. The van der Waals surface area contributed by atoms with E-state index in [0.29, 0.717) is 51.4 Å². The number of fused-ring (bicyclic) bond motifs is 2. The van der Waals surface area contributed by atoms with Gasteiger partial charge < -0.3 is 19.3 Å². The number of piperazine rings is 1. The van der Waals surface area contributed by atoms with Gasteiger partial charge >= 0.3 is 6.01 Å². The Morgan fingerprint density at radius 1 is 1.19 bits per heavy atom. The third kappa shape index (κ3) is 5.54. The fourth-order valence-electron chi connectivity index (χ4n) is 6.40. The molecule has 1 amide bonds. The second kappa shape index (κ2) is 12.0. The predicted octanol–water partition coefficient (Wildman–Crippen LogP) is 3.98. The smallest absolute Gasteiger partial charge is 0.318 e. The topological polar surface area (TPSA) is 94.8 Å². The minimum Gasteiger partial charge on any atom is -0.462 e. The maximum atomic E-state index is 14.0. The lowest BCUT2D eigenvalue weighted by Crippen LogP contribution is -2.55. The molecule has 2 saturated heterocycles. The van der Waals surface area contributed by atoms with Crippen molar-refractivity contribution in [2.75, 3.05) is 44.7 Å². The van der Waals surface area contributed by atoms with Gasteiger partial charge in [-0.05, 0) is 35.9 Å². The number of likely N-dealkylation sites (tertiary alicyclic amines) is 1. The zero-order valence-corrected chi connectivity index (χ0v) is 23.8. The molecule has 2 aromatic carbocycles. The van der Waals surface area contributed by atoms with Crippen molar-refractivity contribution >= 4 is 22.5 Å². The summed E-state index contributed by atoms with van der Waals surface area (Å²) in [5.41, 5.74) is 2.84. The number of halogens is 1. The number of hydrogen-bond donors (Lipinski definition) is 0. The summed E-state index contributed by atoms with van der Waals surface area (Å²) in [7, 11) is 1.90. The Balaban J connectivity index is 1.32. The monoisotopic (exact) mass is 570 g/mol. The Labute approximate surface area is 245 Å². The maximum Gasteiger partial charge on any atom is 0.318 e. The fourth-order valence-corrected chi connectivity index (χ4v) is 6.40. The molecule has 6 rings (SSSR count). The summed E-state index contributed by atoms with van der Waals surface area (Å²) >= 11 is 0. The molecule has 0 saturated carbocycles. The highest BCUT2D eigenvalue weighted by molar-refractivity contribution is 5.87. The van der Waals surface area contributed by atoms with E-state index in [-0.39, 0.29) is 43.1 Å². The second-order valence-electron chi connectivity index (χ2n) is 11.3. The number of aromatic nitrogens is 2. The van der Waals surface area contributed by atoms with Gasteiger partial charge in [0.15, 0.2) is 0 Å². The molecule has 4 heterocycles. The Morgan fingerprint density at radius 3 is 2.81 bits per heavy atom. The molecular weight excluding hydrogens is 535 g/mol. The van der Waals surface area contributed by atoms with E-state index in [1.807, 2.05) is 30.1 Å². The van der Waals surface area contributed by atoms with Crippen molar-refractivity contribution in [3.63, 3.8) is 0 Å². The van der Waals surface area contributed by atoms with Crippen LogP contribution in [0, 0.1) is 11.3 Å². The number of benzene rings is 2. The van der Waals surface area contributed by atoms with Crippen LogP contribution in [-0.4, -0.2) is 83.8 Å². The van der Waals surface area contributed by atoms with Crippen molar-refractivity contribution in [1.29, 1.82) is 5.26 Å². The predicted molar refractivity (Wildman–Crippen MR) is 157 cm³/mol. The molecule has 0 unspecified atom stereocenters. The number of nitriles is 1. The number of hydrogen-bond acceptors (Lipinski definition) is 8. The third-order valence-electron chi connectivity index (χ3n) is 8.64. The molecule has 0 bridgehead atoms. The van der Waals surface area contributed by atoms with Crippen LogP contribution in [0.3, 0.4) is 0 Å². The van der Waals surface area contributed by atoms with Gasteiger partial charge in [-0.1, -0.05) is 49.0 Å². The molecule has 2 fully saturated rings. The molecule has 9 nitrogen and oxygen atoms in total. The van der Waals surface area contributed by atoms with Gasteiger partial charge in [0.1, 0.15) is 18.6 Å². The van der Waals surface area contributed by atoms with Crippen LogP contribution < -0.4 is 9.64 Å². The minimum absolute atomic E-state index is 0.0525. The van der Waals surface area contributed by atoms with Gasteiger partial charge in [-0.25, -0.2) is 4.39 Å². The van der Waals surface area contributed by atoms with Gasteiger partial charge in [-0.2, -0.15) is 15.2 Å². The molecule has 0 radical (unpaired) electrons. The first-order valence-corrected chi connectivity index (χ1v) is 14.5. The number of likely N-dealkylation sites (N-methyl/N-ethyl adjacent to an activating group) is 1. The highest BCUT2D eigenvalue weighted by Crippen LogP contribution is 2.38. The van der Waals surface area contributed by atoms with Gasteiger partial charge in [-0.15, -0.1) is 0 Å². The van der Waals surface area contributed by atoms with Crippen LogP contribution >= 0.6 is 0 Å². The number of amides is 1. The van der Waals surface area contributed by atoms with Crippen LogP contribution in [0.15, 0.2) is 55.1 Å². The van der Waals surface area contributed by atoms with E-state index in [4.69, 9.17) is 19.4 Å². The summed E-state index contributed by atoms with van der Waals surface area (Å²) < 4.78 is 26.6. The molecule has 0 N–H and O–H groups in total. The normalized spacial score (nSPS) is 24.3. The lowest BCUT2D eigenvalue weighted by atomic mass is 9.94. The lowest BCUT2D eigenvalue weighted by Gasteiger charge is -2.41. The van der Waals surface area contributed by atoms with Crippen molar-refractivity contribution < 1.29 is 18.7 Å². The number of carbonyl (C=O) groups excluding carboxylic acids is 1. The van der Waals surface area contributed by atoms with Crippen LogP contribution in [0.2, 0.25) is 0 Å². The molecule has 3 aliphatic rings. The van der Waals surface area contributed by atoms with E-state index < -0.39 is 6.17 Å². The highest BCUT2D eigenvalue weighted by atomic mass is 19.1. The molecule has 0 spiro atoms. The minimum atomic E-state index is -0.867. The Morgan fingerprint density at radius 2 is 2.02 bits per heavy atom. The van der Waals surface area contributed by atoms with Crippen LogP contribution in [0.1, 0.15) is 35.8 Å². The molecule has 10 heteroatoms. The molecule has 3 aromatic rings.